The minimum atomic E-state index is -0.547. The molecular weight excluding hydrogens is 340 g/mol. The van der Waals surface area contributed by atoms with Gasteiger partial charge in [0.15, 0.2) is 6.10 Å². The second kappa shape index (κ2) is 8.59. The van der Waals surface area contributed by atoms with Gasteiger partial charge in [0, 0.05) is 24.7 Å². The summed E-state index contributed by atoms with van der Waals surface area (Å²) in [5.74, 6) is 1.28. The maximum absolute atomic E-state index is 12.4. The van der Waals surface area contributed by atoms with Crippen LogP contribution in [-0.4, -0.2) is 24.5 Å². The third kappa shape index (κ3) is 4.90. The number of ether oxygens (including phenoxy) is 1. The molecule has 1 aliphatic heterocycles. The van der Waals surface area contributed by atoms with Crippen LogP contribution in [0.3, 0.4) is 0 Å². The molecule has 0 bridgehead atoms. The number of nitrogens with zero attached hydrogens (tertiary/aromatic N) is 1. The highest BCUT2D eigenvalue weighted by Gasteiger charge is 2.31. The van der Waals surface area contributed by atoms with Gasteiger partial charge in [0.05, 0.1) is 5.69 Å². The molecule has 1 aliphatic carbocycles. The fraction of sp³-hybridized carbons (Fsp3) is 0.545. The molecule has 1 unspecified atom stereocenters. The van der Waals surface area contributed by atoms with Gasteiger partial charge in [-0.2, -0.15) is 0 Å². The van der Waals surface area contributed by atoms with Gasteiger partial charge in [0.2, 0.25) is 5.91 Å². The number of rotatable bonds is 6. The Morgan fingerprint density at radius 2 is 2.04 bits per heavy atom. The van der Waals surface area contributed by atoms with Crippen molar-refractivity contribution >= 4 is 23.2 Å². The van der Waals surface area contributed by atoms with E-state index in [0.29, 0.717) is 30.3 Å². The Bertz CT molecular complexity index is 722. The first-order valence-electron chi connectivity index (χ1n) is 10.0. The van der Waals surface area contributed by atoms with E-state index in [-0.39, 0.29) is 11.8 Å². The lowest BCUT2D eigenvalue weighted by atomic mass is 9.86. The van der Waals surface area contributed by atoms with Gasteiger partial charge in [-0.3, -0.25) is 9.59 Å². The molecule has 1 atom stereocenters. The van der Waals surface area contributed by atoms with Gasteiger partial charge in [-0.1, -0.05) is 44.3 Å². The van der Waals surface area contributed by atoms with E-state index in [0.717, 1.165) is 17.7 Å². The predicted octanol–water partition coefficient (Wildman–Crippen LogP) is 4.68. The number of hydrogen-bond acceptors (Lipinski definition) is 3. The van der Waals surface area contributed by atoms with E-state index >= 15 is 0 Å². The number of carbonyl (C=O) groups is 2. The average molecular weight is 370 g/mol. The first-order valence-corrected chi connectivity index (χ1v) is 10.0. The van der Waals surface area contributed by atoms with Crippen LogP contribution in [0.15, 0.2) is 30.4 Å². The Labute approximate surface area is 161 Å². The lowest BCUT2D eigenvalue weighted by Gasteiger charge is -2.33. The number of fused-ring (bicyclic) bond motifs is 1. The third-order valence-corrected chi connectivity index (χ3v) is 5.38. The molecule has 1 N–H and O–H groups in total. The minimum Gasteiger partial charge on any atom is -0.479 e. The maximum atomic E-state index is 12.4. The van der Waals surface area contributed by atoms with E-state index in [4.69, 9.17) is 4.74 Å². The van der Waals surface area contributed by atoms with Crippen LogP contribution in [0.2, 0.25) is 0 Å². The molecule has 0 radical (unpaired) electrons. The van der Waals surface area contributed by atoms with Gasteiger partial charge in [0.25, 0.3) is 5.91 Å². The molecule has 1 fully saturated rings. The average Bonchev–Trinajstić information content (AvgIpc) is 2.64. The lowest BCUT2D eigenvalue weighted by molar-refractivity contribution is -0.125. The number of amides is 2. The van der Waals surface area contributed by atoms with E-state index in [9.17, 15) is 9.59 Å². The van der Waals surface area contributed by atoms with Gasteiger partial charge in [-0.15, -0.1) is 0 Å². The molecule has 1 saturated carbocycles. The van der Waals surface area contributed by atoms with Crippen molar-refractivity contribution in [3.05, 3.63) is 30.4 Å². The normalized spacial score (nSPS) is 20.0. The van der Waals surface area contributed by atoms with Gasteiger partial charge in [-0.05, 0) is 38.3 Å². The number of nitrogens with one attached hydrogen (secondary N) is 1. The third-order valence-electron chi connectivity index (χ3n) is 5.38. The topological polar surface area (TPSA) is 58.6 Å². The second-order valence-corrected chi connectivity index (χ2v) is 7.91. The van der Waals surface area contributed by atoms with Crippen LogP contribution in [-0.2, 0) is 9.59 Å². The standard InChI is InChI=1S/C22H30N2O3/c1-15(2)14-24-19-11-10-18(13-20(19)27-16(3)22(24)26)23-21(25)12-9-17-7-5-4-6-8-17/h10-11,13,16-17H,1,4-9,12,14H2,2-3H3,(H,23,25). The number of anilines is 2. The maximum Gasteiger partial charge on any atom is 0.268 e. The molecular formula is C22H30N2O3. The van der Waals surface area contributed by atoms with Crippen molar-refractivity contribution in [2.24, 2.45) is 5.92 Å². The Kier molecular flexibility index (Phi) is 6.19. The predicted molar refractivity (Wildman–Crippen MR) is 108 cm³/mol. The van der Waals surface area contributed by atoms with Crippen LogP contribution in [0.25, 0.3) is 0 Å². The molecule has 146 valence electrons. The number of hydrogen-bond donors (Lipinski definition) is 1. The molecule has 5 nitrogen and oxygen atoms in total. The summed E-state index contributed by atoms with van der Waals surface area (Å²) >= 11 is 0. The minimum absolute atomic E-state index is 0.0410. The summed E-state index contributed by atoms with van der Waals surface area (Å²) < 4.78 is 5.76. The summed E-state index contributed by atoms with van der Waals surface area (Å²) in [6, 6.07) is 5.47. The summed E-state index contributed by atoms with van der Waals surface area (Å²) in [7, 11) is 0. The van der Waals surface area contributed by atoms with Crippen molar-refractivity contribution in [1.82, 2.24) is 0 Å². The van der Waals surface area contributed by atoms with E-state index in [1.54, 1.807) is 11.8 Å². The van der Waals surface area contributed by atoms with E-state index in [2.05, 4.69) is 11.9 Å². The fourth-order valence-electron chi connectivity index (χ4n) is 3.96. The van der Waals surface area contributed by atoms with Crippen LogP contribution in [0.5, 0.6) is 5.75 Å². The monoisotopic (exact) mass is 370 g/mol. The molecule has 1 heterocycles. The van der Waals surface area contributed by atoms with Crippen molar-refractivity contribution in [1.29, 1.82) is 0 Å². The summed E-state index contributed by atoms with van der Waals surface area (Å²) in [5, 5.41) is 2.97. The van der Waals surface area contributed by atoms with Crippen molar-refractivity contribution in [2.75, 3.05) is 16.8 Å². The van der Waals surface area contributed by atoms with E-state index in [1.165, 1.54) is 32.1 Å². The molecule has 27 heavy (non-hydrogen) atoms. The van der Waals surface area contributed by atoms with Gasteiger partial charge >= 0.3 is 0 Å². The molecule has 3 rings (SSSR count). The lowest BCUT2D eigenvalue weighted by Crippen LogP contribution is -2.45. The Morgan fingerprint density at radius 3 is 2.74 bits per heavy atom. The molecule has 0 aromatic heterocycles. The highest BCUT2D eigenvalue weighted by Crippen LogP contribution is 2.36. The molecule has 2 amide bonds. The number of carbonyl (C=O) groups excluding carboxylic acids is 2. The Morgan fingerprint density at radius 1 is 1.30 bits per heavy atom. The molecule has 5 heteroatoms. The number of benzene rings is 1. The summed E-state index contributed by atoms with van der Waals surface area (Å²) in [4.78, 5) is 26.4. The molecule has 0 spiro atoms. The SMILES string of the molecule is C=C(C)CN1C(=O)C(C)Oc2cc(NC(=O)CCC3CCCCC3)ccc21. The van der Waals surface area contributed by atoms with Gasteiger partial charge in [0.1, 0.15) is 5.75 Å². The first-order chi connectivity index (χ1) is 12.9. The summed E-state index contributed by atoms with van der Waals surface area (Å²) in [6.07, 6.45) is 7.41. The van der Waals surface area contributed by atoms with Crippen LogP contribution in [0.4, 0.5) is 11.4 Å². The molecule has 1 aromatic rings. The van der Waals surface area contributed by atoms with Crippen molar-refractivity contribution in [2.45, 2.75) is 64.9 Å². The second-order valence-electron chi connectivity index (χ2n) is 7.91. The first kappa shape index (κ1) is 19.5. The van der Waals surface area contributed by atoms with Gasteiger partial charge in [-0.25, -0.2) is 0 Å². The van der Waals surface area contributed by atoms with Crippen LogP contribution in [0, 0.1) is 5.92 Å². The Balaban J connectivity index is 1.64. The summed E-state index contributed by atoms with van der Waals surface area (Å²) in [5.41, 5.74) is 2.34. The summed E-state index contributed by atoms with van der Waals surface area (Å²) in [6.45, 7) is 8.01. The Hall–Kier alpha value is -2.30. The highest BCUT2D eigenvalue weighted by molar-refractivity contribution is 6.01. The van der Waals surface area contributed by atoms with Crippen LogP contribution >= 0.6 is 0 Å². The zero-order chi connectivity index (χ0) is 19.4. The quantitative estimate of drug-likeness (QED) is 0.740. The van der Waals surface area contributed by atoms with Crippen molar-refractivity contribution in [3.8, 4) is 5.75 Å². The molecule has 2 aliphatic rings. The smallest absolute Gasteiger partial charge is 0.268 e. The zero-order valence-corrected chi connectivity index (χ0v) is 16.4. The largest absolute Gasteiger partial charge is 0.479 e. The van der Waals surface area contributed by atoms with Crippen LogP contribution in [0.1, 0.15) is 58.8 Å². The molecule has 1 aromatic carbocycles. The van der Waals surface area contributed by atoms with E-state index < -0.39 is 6.10 Å². The van der Waals surface area contributed by atoms with Crippen molar-refractivity contribution in [3.63, 3.8) is 0 Å². The van der Waals surface area contributed by atoms with Gasteiger partial charge < -0.3 is 15.0 Å². The fourth-order valence-corrected chi connectivity index (χ4v) is 3.96. The molecule has 0 saturated heterocycles. The van der Waals surface area contributed by atoms with E-state index in [1.807, 2.05) is 25.1 Å². The zero-order valence-electron chi connectivity index (χ0n) is 16.4. The highest BCUT2D eigenvalue weighted by atomic mass is 16.5. The van der Waals surface area contributed by atoms with Crippen molar-refractivity contribution < 1.29 is 14.3 Å². The van der Waals surface area contributed by atoms with Crippen LogP contribution < -0.4 is 15.0 Å².